The van der Waals surface area contributed by atoms with E-state index in [-0.39, 0.29) is 18.4 Å². The number of benzene rings is 3. The maximum Gasteiger partial charge on any atom is 0.268 e. The van der Waals surface area contributed by atoms with Crippen molar-refractivity contribution in [3.05, 3.63) is 94.9 Å². The summed E-state index contributed by atoms with van der Waals surface area (Å²) in [4.78, 5) is 29.4. The Balaban J connectivity index is 1.78. The average molecular weight is 432 g/mol. The molecule has 3 aromatic rings. The summed E-state index contributed by atoms with van der Waals surface area (Å²) in [5.74, 6) is 0.437. The van der Waals surface area contributed by atoms with Crippen LogP contribution in [0.2, 0.25) is 0 Å². The van der Waals surface area contributed by atoms with E-state index in [4.69, 9.17) is 9.47 Å². The van der Waals surface area contributed by atoms with Crippen LogP contribution in [0, 0.1) is 0 Å². The minimum atomic E-state index is -0.320. The quantitative estimate of drug-likeness (QED) is 0.504. The van der Waals surface area contributed by atoms with E-state index in [0.29, 0.717) is 27.5 Å². The number of methoxy groups -OCH3 is 2. The first-order valence-corrected chi connectivity index (χ1v) is 10.5. The van der Waals surface area contributed by atoms with Gasteiger partial charge >= 0.3 is 0 Å². The van der Waals surface area contributed by atoms with Crippen LogP contribution in [0.15, 0.2) is 88.7 Å². The van der Waals surface area contributed by atoms with Crippen molar-refractivity contribution < 1.29 is 19.1 Å². The fourth-order valence-electron chi connectivity index (χ4n) is 3.41. The lowest BCUT2D eigenvalue weighted by Crippen LogP contribution is -2.30. The fraction of sp³-hybridized carbons (Fsp3) is 0.120. The highest BCUT2D eigenvalue weighted by Crippen LogP contribution is 2.42. The second-order valence-corrected chi connectivity index (χ2v) is 7.95. The topological polar surface area (TPSA) is 55.8 Å². The second-order valence-electron chi connectivity index (χ2n) is 6.87. The molecule has 0 saturated carbocycles. The summed E-state index contributed by atoms with van der Waals surface area (Å²) in [7, 11) is 3.10. The molecule has 1 heterocycles. The van der Waals surface area contributed by atoms with Crippen LogP contribution in [0.25, 0.3) is 5.57 Å². The van der Waals surface area contributed by atoms with E-state index in [1.807, 2.05) is 60.7 Å². The number of hydrogen-bond donors (Lipinski definition) is 0. The number of imide groups is 1. The first-order valence-electron chi connectivity index (χ1n) is 9.72. The van der Waals surface area contributed by atoms with Gasteiger partial charge in [-0.2, -0.15) is 0 Å². The van der Waals surface area contributed by atoms with Gasteiger partial charge in [0.05, 0.1) is 31.2 Å². The molecule has 0 N–H and O–H groups in total. The van der Waals surface area contributed by atoms with Gasteiger partial charge < -0.3 is 9.47 Å². The molecule has 1 aliphatic heterocycles. The van der Waals surface area contributed by atoms with Gasteiger partial charge in [-0.3, -0.25) is 14.5 Å². The molecule has 0 bridgehead atoms. The highest BCUT2D eigenvalue weighted by Gasteiger charge is 2.39. The van der Waals surface area contributed by atoms with Crippen molar-refractivity contribution in [2.24, 2.45) is 0 Å². The summed E-state index contributed by atoms with van der Waals surface area (Å²) in [5.41, 5.74) is 1.88. The van der Waals surface area contributed by atoms with Crippen LogP contribution < -0.4 is 9.47 Å². The lowest BCUT2D eigenvalue weighted by molar-refractivity contribution is -0.137. The van der Waals surface area contributed by atoms with Crippen LogP contribution in [-0.4, -0.2) is 30.9 Å². The third-order valence-corrected chi connectivity index (χ3v) is 6.04. The third-order valence-electron chi connectivity index (χ3n) is 4.94. The van der Waals surface area contributed by atoms with Crippen LogP contribution >= 0.6 is 11.8 Å². The molecule has 5 nitrogen and oxygen atoms in total. The molecule has 156 valence electrons. The van der Waals surface area contributed by atoms with Gasteiger partial charge in [0.15, 0.2) is 11.5 Å². The summed E-state index contributed by atoms with van der Waals surface area (Å²) in [6.45, 7) is 0.216. The summed E-state index contributed by atoms with van der Waals surface area (Å²) in [6.07, 6.45) is 0. The Bertz CT molecular complexity index is 1140. The van der Waals surface area contributed by atoms with Gasteiger partial charge in [-0.05, 0) is 35.4 Å². The fourth-order valence-corrected chi connectivity index (χ4v) is 4.44. The summed E-state index contributed by atoms with van der Waals surface area (Å²) in [5, 5.41) is 0. The van der Waals surface area contributed by atoms with Crippen LogP contribution in [0.5, 0.6) is 11.5 Å². The van der Waals surface area contributed by atoms with Crippen molar-refractivity contribution in [1.82, 2.24) is 4.90 Å². The highest BCUT2D eigenvalue weighted by atomic mass is 32.2. The molecule has 0 fully saturated rings. The van der Waals surface area contributed by atoms with Crippen LogP contribution in [0.1, 0.15) is 11.1 Å². The minimum Gasteiger partial charge on any atom is -0.493 e. The molecule has 1 aliphatic rings. The smallest absolute Gasteiger partial charge is 0.268 e. The Morgan fingerprint density at radius 1 is 0.774 bits per heavy atom. The lowest BCUT2D eigenvalue weighted by atomic mass is 10.1. The van der Waals surface area contributed by atoms with Crippen molar-refractivity contribution >= 4 is 29.1 Å². The molecule has 3 aromatic carbocycles. The second kappa shape index (κ2) is 9.10. The summed E-state index contributed by atoms with van der Waals surface area (Å²) in [6, 6.07) is 24.3. The van der Waals surface area contributed by atoms with Crippen molar-refractivity contribution in [2.45, 2.75) is 11.4 Å². The Morgan fingerprint density at radius 3 is 2.06 bits per heavy atom. The van der Waals surface area contributed by atoms with E-state index < -0.39 is 0 Å². The van der Waals surface area contributed by atoms with E-state index in [1.54, 1.807) is 32.4 Å². The number of ether oxygens (including phenoxy) is 2. The monoisotopic (exact) mass is 431 g/mol. The maximum absolute atomic E-state index is 13.4. The predicted octanol–water partition coefficient (Wildman–Crippen LogP) is 4.78. The highest BCUT2D eigenvalue weighted by molar-refractivity contribution is 8.04. The Hall–Kier alpha value is -3.51. The van der Waals surface area contributed by atoms with Crippen LogP contribution in [0.4, 0.5) is 0 Å². The Labute approximate surface area is 185 Å². The molecule has 0 spiro atoms. The Morgan fingerprint density at radius 2 is 1.42 bits per heavy atom. The van der Waals surface area contributed by atoms with E-state index in [9.17, 15) is 9.59 Å². The number of carbonyl (C=O) groups excluding carboxylic acids is 2. The molecule has 31 heavy (non-hydrogen) atoms. The molecule has 2 amide bonds. The molecule has 0 saturated heterocycles. The van der Waals surface area contributed by atoms with Gasteiger partial charge in [0.1, 0.15) is 0 Å². The molecular formula is C25H21NO4S. The normalized spacial score (nSPS) is 13.7. The van der Waals surface area contributed by atoms with Gasteiger partial charge in [0.2, 0.25) is 0 Å². The zero-order valence-corrected chi connectivity index (χ0v) is 18.0. The molecular weight excluding hydrogens is 410 g/mol. The van der Waals surface area contributed by atoms with Crippen LogP contribution in [0.3, 0.4) is 0 Å². The van der Waals surface area contributed by atoms with Crippen molar-refractivity contribution in [2.75, 3.05) is 14.2 Å². The SMILES string of the molecule is COc1ccc(C2=C(Sc3ccccc3)C(=O)N(Cc3ccccc3)C2=O)cc1OC. The largest absolute Gasteiger partial charge is 0.493 e. The maximum atomic E-state index is 13.4. The van der Waals surface area contributed by atoms with Gasteiger partial charge in [0, 0.05) is 4.90 Å². The zero-order valence-electron chi connectivity index (χ0n) is 17.2. The zero-order chi connectivity index (χ0) is 21.8. The standard InChI is InChI=1S/C25H21NO4S/c1-29-20-14-13-18(15-21(20)30-2)22-23(31-19-11-7-4-8-12-19)25(28)26(24(22)27)16-17-9-5-3-6-10-17/h3-15H,16H2,1-2H3. The van der Waals surface area contributed by atoms with Gasteiger partial charge in [0.25, 0.3) is 11.8 Å². The summed E-state index contributed by atoms with van der Waals surface area (Å²) >= 11 is 1.30. The number of carbonyl (C=O) groups is 2. The van der Waals surface area contributed by atoms with E-state index in [0.717, 1.165) is 10.5 Å². The summed E-state index contributed by atoms with van der Waals surface area (Å²) < 4.78 is 10.7. The number of hydrogen-bond acceptors (Lipinski definition) is 5. The molecule has 0 atom stereocenters. The molecule has 6 heteroatoms. The van der Waals surface area contributed by atoms with Gasteiger partial charge in [-0.25, -0.2) is 0 Å². The van der Waals surface area contributed by atoms with Crippen molar-refractivity contribution in [3.63, 3.8) is 0 Å². The number of thioether (sulfide) groups is 1. The number of amides is 2. The first-order chi connectivity index (χ1) is 15.1. The van der Waals surface area contributed by atoms with Gasteiger partial charge in [-0.15, -0.1) is 0 Å². The molecule has 4 rings (SSSR count). The predicted molar refractivity (Wildman–Crippen MR) is 121 cm³/mol. The Kier molecular flexibility index (Phi) is 6.09. The molecule has 0 aliphatic carbocycles. The molecule has 0 radical (unpaired) electrons. The third kappa shape index (κ3) is 4.20. The van der Waals surface area contributed by atoms with Crippen molar-refractivity contribution in [1.29, 1.82) is 0 Å². The van der Waals surface area contributed by atoms with Crippen LogP contribution in [-0.2, 0) is 16.1 Å². The number of rotatable bonds is 7. The molecule has 0 aromatic heterocycles. The van der Waals surface area contributed by atoms with E-state index in [1.165, 1.54) is 16.7 Å². The van der Waals surface area contributed by atoms with Crippen molar-refractivity contribution in [3.8, 4) is 11.5 Å². The average Bonchev–Trinajstić information content (AvgIpc) is 3.04. The molecule has 0 unspecified atom stereocenters. The van der Waals surface area contributed by atoms with Gasteiger partial charge in [-0.1, -0.05) is 66.4 Å². The first kappa shape index (κ1) is 20.8. The minimum absolute atomic E-state index is 0.216. The lowest BCUT2D eigenvalue weighted by Gasteiger charge is -2.15. The number of nitrogens with zero attached hydrogens (tertiary/aromatic N) is 1. The van der Waals surface area contributed by atoms with E-state index >= 15 is 0 Å². The van der Waals surface area contributed by atoms with E-state index in [2.05, 4.69) is 0 Å².